The molecule has 0 unspecified atom stereocenters. The molecule has 2 nitrogen and oxygen atoms in total. The van der Waals surface area contributed by atoms with E-state index in [0.717, 1.165) is 12.8 Å². The first-order valence-electron chi connectivity index (χ1n) is 9.28. The largest absolute Gasteiger partial charge is 0.465 e. The van der Waals surface area contributed by atoms with Gasteiger partial charge in [-0.05, 0) is 25.2 Å². The average Bonchev–Trinajstić information content (AvgIpc) is 2.76. The van der Waals surface area contributed by atoms with Crippen LogP contribution in [0.5, 0.6) is 0 Å². The van der Waals surface area contributed by atoms with Crippen LogP contribution in [0.15, 0.2) is 0 Å². The number of ether oxygens (including phenoxy) is 1. The van der Waals surface area contributed by atoms with Gasteiger partial charge in [0.25, 0.3) is 0 Å². The monoisotopic (exact) mass is 295 g/mol. The highest BCUT2D eigenvalue weighted by Gasteiger charge is 2.14. The van der Waals surface area contributed by atoms with Crippen molar-refractivity contribution in [2.24, 2.45) is 5.92 Å². The number of unbranched alkanes of at least 4 members (excludes halogenated alkanes) is 7. The van der Waals surface area contributed by atoms with Gasteiger partial charge in [0.05, 0.1) is 6.61 Å². The Balaban J connectivity index is 1.89. The molecule has 123 valence electrons. The molecule has 1 fully saturated rings. The summed E-state index contributed by atoms with van der Waals surface area (Å²) >= 11 is 0. The maximum atomic E-state index is 11.7. The van der Waals surface area contributed by atoms with Crippen LogP contribution in [0.1, 0.15) is 96.3 Å². The maximum Gasteiger partial charge on any atom is 0.305 e. The Kier molecular flexibility index (Phi) is 11.6. The fraction of sp³-hybridized carbons (Fsp3) is 0.895. The van der Waals surface area contributed by atoms with Gasteiger partial charge in [0.2, 0.25) is 0 Å². The molecule has 0 saturated heterocycles. The van der Waals surface area contributed by atoms with Crippen molar-refractivity contribution in [1.29, 1.82) is 0 Å². The third-order valence-electron chi connectivity index (χ3n) is 4.59. The van der Waals surface area contributed by atoms with Crippen LogP contribution in [0.4, 0.5) is 0 Å². The fourth-order valence-corrected chi connectivity index (χ4v) is 3.14. The van der Waals surface area contributed by atoms with Gasteiger partial charge in [-0.1, -0.05) is 77.6 Å². The van der Waals surface area contributed by atoms with Crippen molar-refractivity contribution in [2.45, 2.75) is 96.3 Å². The first kappa shape index (κ1) is 18.5. The van der Waals surface area contributed by atoms with Gasteiger partial charge in [-0.3, -0.25) is 4.79 Å². The van der Waals surface area contributed by atoms with Crippen molar-refractivity contribution < 1.29 is 9.53 Å². The van der Waals surface area contributed by atoms with Crippen molar-refractivity contribution in [3.63, 3.8) is 0 Å². The molecule has 1 aliphatic carbocycles. The zero-order valence-corrected chi connectivity index (χ0v) is 13.9. The fourth-order valence-electron chi connectivity index (χ4n) is 3.14. The van der Waals surface area contributed by atoms with E-state index in [1.165, 1.54) is 77.0 Å². The van der Waals surface area contributed by atoms with Crippen LogP contribution >= 0.6 is 0 Å². The van der Waals surface area contributed by atoms with Gasteiger partial charge in [0, 0.05) is 6.42 Å². The summed E-state index contributed by atoms with van der Waals surface area (Å²) in [6.45, 7) is 4.53. The summed E-state index contributed by atoms with van der Waals surface area (Å²) in [6, 6.07) is 0. The predicted octanol–water partition coefficient (Wildman–Crippen LogP) is 5.84. The lowest BCUT2D eigenvalue weighted by atomic mass is 10.0. The third kappa shape index (κ3) is 10.8. The Hall–Kier alpha value is -0.530. The van der Waals surface area contributed by atoms with Crippen molar-refractivity contribution in [1.82, 2.24) is 0 Å². The molecule has 1 radical (unpaired) electrons. The normalized spacial score (nSPS) is 16.6. The van der Waals surface area contributed by atoms with Crippen LogP contribution in [-0.4, -0.2) is 12.6 Å². The van der Waals surface area contributed by atoms with Gasteiger partial charge in [0.15, 0.2) is 0 Å². The summed E-state index contributed by atoms with van der Waals surface area (Å²) < 4.78 is 5.45. The van der Waals surface area contributed by atoms with Crippen LogP contribution in [-0.2, 0) is 9.53 Å². The predicted molar refractivity (Wildman–Crippen MR) is 89.1 cm³/mol. The third-order valence-corrected chi connectivity index (χ3v) is 4.59. The molecule has 1 aliphatic rings. The van der Waals surface area contributed by atoms with Gasteiger partial charge in [0.1, 0.15) is 0 Å². The molecule has 0 amide bonds. The van der Waals surface area contributed by atoms with Crippen LogP contribution < -0.4 is 0 Å². The molecule has 0 bridgehead atoms. The molecular formula is C19H35O2. The molecule has 0 spiro atoms. The Bertz CT molecular complexity index is 242. The Morgan fingerprint density at radius 3 is 2.05 bits per heavy atom. The first-order chi connectivity index (χ1) is 10.3. The van der Waals surface area contributed by atoms with Gasteiger partial charge in [-0.25, -0.2) is 0 Å². The van der Waals surface area contributed by atoms with Crippen molar-refractivity contribution >= 4 is 5.97 Å². The Morgan fingerprint density at radius 1 is 0.857 bits per heavy atom. The Labute approximate surface area is 132 Å². The highest BCUT2D eigenvalue weighted by atomic mass is 16.5. The minimum Gasteiger partial charge on any atom is -0.465 e. The number of carbonyl (C=O) groups is 1. The molecule has 0 aliphatic heterocycles. The van der Waals surface area contributed by atoms with Gasteiger partial charge in [-0.15, -0.1) is 0 Å². The van der Waals surface area contributed by atoms with E-state index < -0.39 is 0 Å². The summed E-state index contributed by atoms with van der Waals surface area (Å²) in [5, 5.41) is 0. The minimum absolute atomic E-state index is 0.0244. The number of hydrogen-bond acceptors (Lipinski definition) is 2. The van der Waals surface area contributed by atoms with Crippen LogP contribution in [0.25, 0.3) is 0 Å². The van der Waals surface area contributed by atoms with E-state index in [9.17, 15) is 4.79 Å². The zero-order chi connectivity index (χ0) is 15.2. The molecule has 0 N–H and O–H groups in total. The van der Waals surface area contributed by atoms with E-state index in [4.69, 9.17) is 4.74 Å². The first-order valence-corrected chi connectivity index (χ1v) is 9.28. The van der Waals surface area contributed by atoms with Crippen molar-refractivity contribution in [2.75, 3.05) is 6.61 Å². The van der Waals surface area contributed by atoms with Crippen molar-refractivity contribution in [3.8, 4) is 0 Å². The summed E-state index contributed by atoms with van der Waals surface area (Å²) in [4.78, 5) is 11.7. The van der Waals surface area contributed by atoms with Crippen LogP contribution in [0.2, 0.25) is 0 Å². The average molecular weight is 295 g/mol. The lowest BCUT2D eigenvalue weighted by Gasteiger charge is -2.14. The second-order valence-electron chi connectivity index (χ2n) is 6.62. The summed E-state index contributed by atoms with van der Waals surface area (Å²) in [5.41, 5.74) is 0. The summed E-state index contributed by atoms with van der Waals surface area (Å²) in [5.74, 6) is 0.654. The van der Waals surface area contributed by atoms with Crippen LogP contribution in [0.3, 0.4) is 0 Å². The highest BCUT2D eigenvalue weighted by Crippen LogP contribution is 2.23. The molecule has 0 aromatic heterocycles. The number of carbonyl (C=O) groups excluding carboxylic acids is 1. The Morgan fingerprint density at radius 2 is 1.43 bits per heavy atom. The van der Waals surface area contributed by atoms with Crippen molar-refractivity contribution in [3.05, 3.63) is 6.92 Å². The van der Waals surface area contributed by atoms with E-state index >= 15 is 0 Å². The molecule has 21 heavy (non-hydrogen) atoms. The topological polar surface area (TPSA) is 26.3 Å². The SMILES string of the molecule is [CH2]CCCCCCCCCC(=O)OCC1CCCCCC1. The second kappa shape index (κ2) is 13.2. The molecular weight excluding hydrogens is 260 g/mol. The molecule has 1 saturated carbocycles. The van der Waals surface area contributed by atoms with Gasteiger partial charge >= 0.3 is 5.97 Å². The quantitative estimate of drug-likeness (QED) is 0.272. The molecule has 1 rings (SSSR count). The van der Waals surface area contributed by atoms with Gasteiger partial charge < -0.3 is 4.74 Å². The molecule has 0 aromatic carbocycles. The van der Waals surface area contributed by atoms with Crippen LogP contribution in [0, 0.1) is 12.8 Å². The summed E-state index contributed by atoms with van der Waals surface area (Å²) in [6.07, 6.45) is 18.2. The molecule has 0 atom stereocenters. The number of hydrogen-bond donors (Lipinski definition) is 0. The molecule has 2 heteroatoms. The van der Waals surface area contributed by atoms with E-state index in [-0.39, 0.29) is 5.97 Å². The lowest BCUT2D eigenvalue weighted by Crippen LogP contribution is -2.13. The second-order valence-corrected chi connectivity index (χ2v) is 6.62. The molecule has 0 aromatic rings. The number of esters is 1. The van der Waals surface area contributed by atoms with E-state index in [1.54, 1.807) is 0 Å². The van der Waals surface area contributed by atoms with Gasteiger partial charge in [-0.2, -0.15) is 0 Å². The standard InChI is InChI=1S/C19H35O2/c1-2-3-4-5-6-7-8-13-16-19(20)21-17-18-14-11-9-10-12-15-18/h18H,1-17H2. The van der Waals surface area contributed by atoms with E-state index in [0.29, 0.717) is 18.9 Å². The minimum atomic E-state index is 0.0244. The van der Waals surface area contributed by atoms with E-state index in [2.05, 4.69) is 6.92 Å². The lowest BCUT2D eigenvalue weighted by molar-refractivity contribution is -0.145. The highest BCUT2D eigenvalue weighted by molar-refractivity contribution is 5.69. The smallest absolute Gasteiger partial charge is 0.305 e. The molecule has 0 heterocycles. The maximum absolute atomic E-state index is 11.7. The van der Waals surface area contributed by atoms with E-state index in [1.807, 2.05) is 0 Å². The summed E-state index contributed by atoms with van der Waals surface area (Å²) in [7, 11) is 0. The zero-order valence-electron chi connectivity index (χ0n) is 13.9. The number of rotatable bonds is 11.